The molecule has 3 heterocycles. The number of anilines is 1. The first-order chi connectivity index (χ1) is 13.7. The lowest BCUT2D eigenvalue weighted by Crippen LogP contribution is -2.46. The van der Waals surface area contributed by atoms with E-state index in [1.54, 1.807) is 29.5 Å². The fraction of sp³-hybridized carbons (Fsp3) is 0.400. The molecule has 1 aromatic heterocycles. The molecular formula is C20H22N2O5S. The van der Waals surface area contributed by atoms with Crippen LogP contribution in [0.1, 0.15) is 17.7 Å². The summed E-state index contributed by atoms with van der Waals surface area (Å²) in [4.78, 5) is 25.9. The average molecular weight is 402 g/mol. The van der Waals surface area contributed by atoms with Gasteiger partial charge in [0.2, 0.25) is 0 Å². The standard InChI is InChI=1S/C20H22N2O5S/c23-18(19(24)22-14-3-4-15-16(12-14)27-10-9-26-15)21-13-20(5-7-25-8-6-20)17-2-1-11-28-17/h1-4,11-12H,5-10,13H2,(H,21,23)(H,22,24). The van der Waals surface area contributed by atoms with Gasteiger partial charge in [0, 0.05) is 41.8 Å². The second-order valence-corrected chi connectivity index (χ2v) is 7.81. The van der Waals surface area contributed by atoms with Gasteiger partial charge in [-0.15, -0.1) is 11.3 Å². The summed E-state index contributed by atoms with van der Waals surface area (Å²) in [6, 6.07) is 9.15. The minimum Gasteiger partial charge on any atom is -0.486 e. The van der Waals surface area contributed by atoms with E-state index in [9.17, 15) is 9.59 Å². The largest absolute Gasteiger partial charge is 0.486 e. The van der Waals surface area contributed by atoms with Crippen molar-refractivity contribution in [3.8, 4) is 11.5 Å². The van der Waals surface area contributed by atoms with Crippen LogP contribution in [0.2, 0.25) is 0 Å². The van der Waals surface area contributed by atoms with Crippen LogP contribution in [0.3, 0.4) is 0 Å². The van der Waals surface area contributed by atoms with Crippen LogP contribution in [-0.2, 0) is 19.7 Å². The molecule has 2 aliphatic heterocycles. The molecule has 148 valence electrons. The minimum atomic E-state index is -0.704. The lowest BCUT2D eigenvalue weighted by atomic mass is 9.78. The van der Waals surface area contributed by atoms with E-state index in [-0.39, 0.29) is 5.41 Å². The summed E-state index contributed by atoms with van der Waals surface area (Å²) in [5, 5.41) is 7.46. The second kappa shape index (κ2) is 8.20. The number of hydrogen-bond acceptors (Lipinski definition) is 6. The number of nitrogens with one attached hydrogen (secondary N) is 2. The third kappa shape index (κ3) is 3.98. The lowest BCUT2D eigenvalue weighted by Gasteiger charge is -2.36. The number of hydrogen-bond donors (Lipinski definition) is 2. The van der Waals surface area contributed by atoms with Crippen LogP contribution in [0.15, 0.2) is 35.7 Å². The van der Waals surface area contributed by atoms with Crippen LogP contribution in [0.5, 0.6) is 11.5 Å². The van der Waals surface area contributed by atoms with Crippen molar-refractivity contribution in [1.29, 1.82) is 0 Å². The molecule has 2 aromatic rings. The van der Waals surface area contributed by atoms with Crippen molar-refractivity contribution in [2.45, 2.75) is 18.3 Å². The Balaban J connectivity index is 1.38. The highest BCUT2D eigenvalue weighted by Gasteiger charge is 2.36. The first-order valence-corrected chi connectivity index (χ1v) is 10.1. The topological polar surface area (TPSA) is 85.9 Å². The molecule has 8 heteroatoms. The smallest absolute Gasteiger partial charge is 0.313 e. The van der Waals surface area contributed by atoms with Crippen molar-refractivity contribution in [2.75, 3.05) is 38.3 Å². The molecule has 7 nitrogen and oxygen atoms in total. The SMILES string of the molecule is O=C(NCC1(c2cccs2)CCOCC1)C(=O)Nc1ccc2c(c1)OCCO2. The number of amides is 2. The van der Waals surface area contributed by atoms with E-state index in [4.69, 9.17) is 14.2 Å². The summed E-state index contributed by atoms with van der Waals surface area (Å²) in [7, 11) is 0. The van der Waals surface area contributed by atoms with Gasteiger partial charge < -0.3 is 24.8 Å². The van der Waals surface area contributed by atoms with Gasteiger partial charge in [0.15, 0.2) is 11.5 Å². The minimum absolute atomic E-state index is 0.181. The van der Waals surface area contributed by atoms with Gasteiger partial charge in [-0.2, -0.15) is 0 Å². The van der Waals surface area contributed by atoms with Crippen LogP contribution < -0.4 is 20.1 Å². The summed E-state index contributed by atoms with van der Waals surface area (Å²) in [6.07, 6.45) is 1.63. The van der Waals surface area contributed by atoms with Gasteiger partial charge >= 0.3 is 11.8 Å². The first-order valence-electron chi connectivity index (χ1n) is 9.27. The molecule has 0 bridgehead atoms. The number of rotatable bonds is 4. The third-order valence-electron chi connectivity index (χ3n) is 5.09. The van der Waals surface area contributed by atoms with E-state index in [2.05, 4.69) is 16.7 Å². The summed E-state index contributed by atoms with van der Waals surface area (Å²) in [5.41, 5.74) is 0.308. The maximum absolute atomic E-state index is 12.4. The Bertz CT molecular complexity index is 846. The quantitative estimate of drug-likeness (QED) is 0.767. The maximum Gasteiger partial charge on any atom is 0.313 e. The number of benzene rings is 1. The zero-order valence-corrected chi connectivity index (χ0v) is 16.2. The van der Waals surface area contributed by atoms with E-state index < -0.39 is 11.8 Å². The molecule has 2 amide bonds. The summed E-state index contributed by atoms with van der Waals surface area (Å²) < 4.78 is 16.4. The summed E-state index contributed by atoms with van der Waals surface area (Å²) >= 11 is 1.67. The molecule has 0 unspecified atom stereocenters. The molecule has 0 atom stereocenters. The Morgan fingerprint density at radius 3 is 2.54 bits per heavy atom. The number of carbonyl (C=O) groups excluding carboxylic acids is 2. The number of carbonyl (C=O) groups is 2. The van der Waals surface area contributed by atoms with E-state index in [1.165, 1.54) is 4.88 Å². The second-order valence-electron chi connectivity index (χ2n) is 6.87. The predicted molar refractivity (Wildman–Crippen MR) is 105 cm³/mol. The predicted octanol–water partition coefficient (Wildman–Crippen LogP) is 2.32. The number of ether oxygens (including phenoxy) is 3. The van der Waals surface area contributed by atoms with Crippen LogP contribution in [-0.4, -0.2) is 44.8 Å². The molecule has 28 heavy (non-hydrogen) atoms. The van der Waals surface area contributed by atoms with Crippen LogP contribution >= 0.6 is 11.3 Å². The molecule has 1 aromatic carbocycles. The van der Waals surface area contributed by atoms with Crippen molar-refractivity contribution in [3.05, 3.63) is 40.6 Å². The highest BCUT2D eigenvalue weighted by Crippen LogP contribution is 2.37. The van der Waals surface area contributed by atoms with Crippen molar-refractivity contribution < 1.29 is 23.8 Å². The van der Waals surface area contributed by atoms with Gasteiger partial charge in [-0.1, -0.05) is 6.07 Å². The normalized spacial score (nSPS) is 17.6. The Hall–Kier alpha value is -2.58. The molecule has 0 aliphatic carbocycles. The van der Waals surface area contributed by atoms with Crippen LogP contribution in [0, 0.1) is 0 Å². The molecule has 1 fully saturated rings. The zero-order valence-electron chi connectivity index (χ0n) is 15.4. The van der Waals surface area contributed by atoms with Crippen molar-refractivity contribution >= 4 is 28.8 Å². The number of thiophene rings is 1. The van der Waals surface area contributed by atoms with Crippen molar-refractivity contribution in [1.82, 2.24) is 5.32 Å². The molecule has 2 aliphatic rings. The molecular weight excluding hydrogens is 380 g/mol. The Morgan fingerprint density at radius 2 is 1.79 bits per heavy atom. The van der Waals surface area contributed by atoms with E-state index in [0.29, 0.717) is 50.2 Å². The van der Waals surface area contributed by atoms with Crippen molar-refractivity contribution in [3.63, 3.8) is 0 Å². The first kappa shape index (κ1) is 18.8. The fourth-order valence-corrected chi connectivity index (χ4v) is 4.48. The molecule has 4 rings (SSSR count). The van der Waals surface area contributed by atoms with Crippen LogP contribution in [0.4, 0.5) is 5.69 Å². The molecule has 2 N–H and O–H groups in total. The Morgan fingerprint density at radius 1 is 1.00 bits per heavy atom. The van der Waals surface area contributed by atoms with Gasteiger partial charge in [-0.25, -0.2) is 0 Å². The van der Waals surface area contributed by atoms with Crippen molar-refractivity contribution in [2.24, 2.45) is 0 Å². The average Bonchev–Trinajstić information content (AvgIpc) is 3.28. The van der Waals surface area contributed by atoms with Gasteiger partial charge in [0.25, 0.3) is 0 Å². The zero-order chi connectivity index (χ0) is 19.4. The van der Waals surface area contributed by atoms with Gasteiger partial charge in [0.05, 0.1) is 0 Å². The maximum atomic E-state index is 12.4. The summed E-state index contributed by atoms with van der Waals surface area (Å²) in [5.74, 6) is -0.170. The third-order valence-corrected chi connectivity index (χ3v) is 6.20. The molecule has 0 radical (unpaired) electrons. The fourth-order valence-electron chi connectivity index (χ4n) is 3.49. The van der Waals surface area contributed by atoms with E-state index >= 15 is 0 Å². The highest BCUT2D eigenvalue weighted by molar-refractivity contribution is 7.10. The van der Waals surface area contributed by atoms with E-state index in [1.807, 2.05) is 11.4 Å². The lowest BCUT2D eigenvalue weighted by molar-refractivity contribution is -0.136. The van der Waals surface area contributed by atoms with E-state index in [0.717, 1.165) is 12.8 Å². The Kier molecular flexibility index (Phi) is 5.50. The summed E-state index contributed by atoms with van der Waals surface area (Å²) in [6.45, 7) is 2.66. The Labute approximate surface area is 167 Å². The highest BCUT2D eigenvalue weighted by atomic mass is 32.1. The van der Waals surface area contributed by atoms with Gasteiger partial charge in [-0.05, 0) is 36.4 Å². The molecule has 0 spiro atoms. The molecule has 0 saturated carbocycles. The monoisotopic (exact) mass is 402 g/mol. The van der Waals surface area contributed by atoms with Gasteiger partial charge in [-0.3, -0.25) is 9.59 Å². The molecule has 1 saturated heterocycles. The number of fused-ring (bicyclic) bond motifs is 1. The van der Waals surface area contributed by atoms with Crippen LogP contribution in [0.25, 0.3) is 0 Å². The van der Waals surface area contributed by atoms with Gasteiger partial charge in [0.1, 0.15) is 13.2 Å².